The van der Waals surface area contributed by atoms with Crippen LogP contribution < -0.4 is 4.74 Å². The number of carbonyl (C=O) groups is 1. The second-order valence-corrected chi connectivity index (χ2v) is 4.28. The first kappa shape index (κ1) is 15.2. The van der Waals surface area contributed by atoms with E-state index >= 15 is 0 Å². The van der Waals surface area contributed by atoms with Crippen molar-refractivity contribution in [3.05, 3.63) is 28.3 Å². The normalized spacial score (nSPS) is 10.6. The molecule has 1 rings (SSSR count). The van der Waals surface area contributed by atoms with E-state index in [1.54, 1.807) is 0 Å². The van der Waals surface area contributed by atoms with Crippen molar-refractivity contribution < 1.29 is 23.0 Å². The van der Waals surface area contributed by atoms with Crippen LogP contribution in [-0.2, 0) is 21.3 Å². The molecule has 0 fully saturated rings. The summed E-state index contributed by atoms with van der Waals surface area (Å²) in [5.74, 6) is -0.627. The summed E-state index contributed by atoms with van der Waals surface area (Å²) < 4.78 is 33.1. The molecule has 1 aromatic rings. The van der Waals surface area contributed by atoms with E-state index in [4.69, 9.17) is 11.6 Å². The van der Waals surface area contributed by atoms with Gasteiger partial charge in [0, 0.05) is 5.33 Å². The number of carbonyl (C=O) groups excluding carboxylic acids is 1. The lowest BCUT2D eigenvalue weighted by Crippen LogP contribution is -2.08. The van der Waals surface area contributed by atoms with E-state index in [0.717, 1.165) is 0 Å². The van der Waals surface area contributed by atoms with E-state index in [0.29, 0.717) is 16.5 Å². The SMILES string of the molecule is COC(=O)Cc1cc(OC(F)F)c(Cl)cc1CBr. The summed E-state index contributed by atoms with van der Waals surface area (Å²) in [7, 11) is 1.25. The number of hydrogen-bond donors (Lipinski definition) is 0. The van der Waals surface area contributed by atoms with Gasteiger partial charge in [-0.1, -0.05) is 27.5 Å². The smallest absolute Gasteiger partial charge is 0.387 e. The Labute approximate surface area is 116 Å². The number of methoxy groups -OCH3 is 1. The lowest BCUT2D eigenvalue weighted by Gasteiger charge is -2.12. The Morgan fingerprint density at radius 1 is 1.44 bits per heavy atom. The van der Waals surface area contributed by atoms with Gasteiger partial charge in [0.15, 0.2) is 0 Å². The number of ether oxygens (including phenoxy) is 2. The van der Waals surface area contributed by atoms with Crippen molar-refractivity contribution in [1.29, 1.82) is 0 Å². The lowest BCUT2D eigenvalue weighted by molar-refractivity contribution is -0.139. The average Bonchev–Trinajstić information content (AvgIpc) is 2.32. The van der Waals surface area contributed by atoms with E-state index < -0.39 is 12.6 Å². The second-order valence-electron chi connectivity index (χ2n) is 3.32. The van der Waals surface area contributed by atoms with Gasteiger partial charge in [0.2, 0.25) is 0 Å². The zero-order valence-corrected chi connectivity index (χ0v) is 11.7. The Morgan fingerprint density at radius 2 is 2.11 bits per heavy atom. The third-order valence-corrected chi connectivity index (χ3v) is 3.08. The maximum absolute atomic E-state index is 12.2. The zero-order chi connectivity index (χ0) is 13.7. The molecule has 0 radical (unpaired) electrons. The summed E-state index contributed by atoms with van der Waals surface area (Å²) in [6.45, 7) is -2.97. The van der Waals surface area contributed by atoms with Crippen molar-refractivity contribution in [2.24, 2.45) is 0 Å². The summed E-state index contributed by atoms with van der Waals surface area (Å²) in [6, 6.07) is 2.80. The van der Waals surface area contributed by atoms with Crippen molar-refractivity contribution in [2.75, 3.05) is 7.11 Å². The highest BCUT2D eigenvalue weighted by Gasteiger charge is 2.15. The van der Waals surface area contributed by atoms with Gasteiger partial charge in [-0.15, -0.1) is 0 Å². The van der Waals surface area contributed by atoms with Crippen molar-refractivity contribution in [3.8, 4) is 5.75 Å². The van der Waals surface area contributed by atoms with E-state index in [-0.39, 0.29) is 17.2 Å². The maximum Gasteiger partial charge on any atom is 0.387 e. The number of benzene rings is 1. The summed E-state index contributed by atoms with van der Waals surface area (Å²) in [5, 5.41) is 0.506. The molecule has 0 aliphatic rings. The van der Waals surface area contributed by atoms with Crippen molar-refractivity contribution >= 4 is 33.5 Å². The number of hydrogen-bond acceptors (Lipinski definition) is 3. The van der Waals surface area contributed by atoms with Gasteiger partial charge in [-0.05, 0) is 23.3 Å². The molecule has 18 heavy (non-hydrogen) atoms. The van der Waals surface area contributed by atoms with Crippen molar-refractivity contribution in [2.45, 2.75) is 18.4 Å². The zero-order valence-electron chi connectivity index (χ0n) is 9.38. The predicted octanol–water partition coefficient (Wildman–Crippen LogP) is 3.55. The topological polar surface area (TPSA) is 35.5 Å². The molecular formula is C11H10BrClF2O3. The van der Waals surface area contributed by atoms with E-state index in [2.05, 4.69) is 25.4 Å². The lowest BCUT2D eigenvalue weighted by atomic mass is 10.1. The number of esters is 1. The minimum Gasteiger partial charge on any atom is -0.469 e. The highest BCUT2D eigenvalue weighted by molar-refractivity contribution is 9.08. The molecule has 0 saturated heterocycles. The molecule has 0 N–H and O–H groups in total. The standard InChI is InChI=1S/C11H10BrClF2O3/c1-17-10(16)4-6-3-9(18-11(14)15)8(13)2-7(6)5-12/h2-3,11H,4-5H2,1H3. The summed E-state index contributed by atoms with van der Waals surface area (Å²) in [6.07, 6.45) is -0.0335. The van der Waals surface area contributed by atoms with Gasteiger partial charge in [0.1, 0.15) is 5.75 Å². The molecule has 0 unspecified atom stereocenters. The molecule has 0 amide bonds. The van der Waals surface area contributed by atoms with Crippen LogP contribution in [0.25, 0.3) is 0 Å². The Hall–Kier alpha value is -0.880. The molecule has 100 valence electrons. The molecule has 0 spiro atoms. The first-order valence-corrected chi connectivity index (χ1v) is 6.36. The Bertz CT molecular complexity index is 441. The molecule has 0 saturated carbocycles. The molecule has 1 aromatic carbocycles. The Kier molecular flexibility index (Phi) is 5.81. The van der Waals surface area contributed by atoms with Crippen molar-refractivity contribution in [3.63, 3.8) is 0 Å². The number of halogens is 4. The van der Waals surface area contributed by atoms with Gasteiger partial charge < -0.3 is 9.47 Å². The molecule has 0 heterocycles. The summed E-state index contributed by atoms with van der Waals surface area (Å²) in [5.41, 5.74) is 1.24. The fraction of sp³-hybridized carbons (Fsp3) is 0.364. The molecule has 0 aromatic heterocycles. The number of rotatable bonds is 5. The van der Waals surface area contributed by atoms with Crippen LogP contribution in [0.4, 0.5) is 8.78 Å². The largest absolute Gasteiger partial charge is 0.469 e. The fourth-order valence-corrected chi connectivity index (χ4v) is 2.09. The van der Waals surface area contributed by atoms with Crippen LogP contribution in [-0.4, -0.2) is 19.7 Å². The Morgan fingerprint density at radius 3 is 2.61 bits per heavy atom. The molecule has 0 atom stereocenters. The van der Waals surface area contributed by atoms with Gasteiger partial charge in [0.05, 0.1) is 18.6 Å². The minimum absolute atomic E-state index is 0.0335. The van der Waals surface area contributed by atoms with Crippen LogP contribution in [0.5, 0.6) is 5.75 Å². The molecule has 7 heteroatoms. The van der Waals surface area contributed by atoms with Gasteiger partial charge in [-0.2, -0.15) is 8.78 Å². The van der Waals surface area contributed by atoms with Gasteiger partial charge in [-0.3, -0.25) is 4.79 Å². The van der Waals surface area contributed by atoms with Crippen LogP contribution in [0.3, 0.4) is 0 Å². The Balaban J connectivity index is 3.09. The van der Waals surface area contributed by atoms with Crippen LogP contribution in [0.15, 0.2) is 12.1 Å². The molecular weight excluding hydrogens is 333 g/mol. The van der Waals surface area contributed by atoms with Crippen LogP contribution in [0.2, 0.25) is 5.02 Å². The van der Waals surface area contributed by atoms with E-state index in [1.807, 2.05) is 0 Å². The monoisotopic (exact) mass is 342 g/mol. The van der Waals surface area contributed by atoms with E-state index in [1.165, 1.54) is 19.2 Å². The first-order chi connectivity index (χ1) is 8.47. The van der Waals surface area contributed by atoms with Gasteiger partial charge in [-0.25, -0.2) is 0 Å². The van der Waals surface area contributed by atoms with Gasteiger partial charge in [0.25, 0.3) is 0 Å². The molecule has 0 aliphatic heterocycles. The third-order valence-electron chi connectivity index (χ3n) is 2.18. The molecule has 0 bridgehead atoms. The quantitative estimate of drug-likeness (QED) is 0.606. The second kappa shape index (κ2) is 6.89. The number of alkyl halides is 3. The van der Waals surface area contributed by atoms with Crippen LogP contribution in [0, 0.1) is 0 Å². The molecule has 0 aliphatic carbocycles. The highest BCUT2D eigenvalue weighted by atomic mass is 79.9. The van der Waals surface area contributed by atoms with E-state index in [9.17, 15) is 13.6 Å². The van der Waals surface area contributed by atoms with Crippen LogP contribution >= 0.6 is 27.5 Å². The van der Waals surface area contributed by atoms with Crippen molar-refractivity contribution in [1.82, 2.24) is 0 Å². The first-order valence-electron chi connectivity index (χ1n) is 4.86. The average molecular weight is 344 g/mol. The van der Waals surface area contributed by atoms with Gasteiger partial charge >= 0.3 is 12.6 Å². The highest BCUT2D eigenvalue weighted by Crippen LogP contribution is 2.31. The minimum atomic E-state index is -2.97. The summed E-state index contributed by atoms with van der Waals surface area (Å²) >= 11 is 9.03. The fourth-order valence-electron chi connectivity index (χ4n) is 1.34. The van der Waals surface area contributed by atoms with Crippen LogP contribution in [0.1, 0.15) is 11.1 Å². The predicted molar refractivity (Wildman–Crippen MR) is 66.4 cm³/mol. The summed E-state index contributed by atoms with van der Waals surface area (Å²) in [4.78, 5) is 11.2. The molecule has 3 nitrogen and oxygen atoms in total. The third kappa shape index (κ3) is 4.10. The maximum atomic E-state index is 12.2.